The quantitative estimate of drug-likeness (QED) is 0.381. The third-order valence-corrected chi connectivity index (χ3v) is 4.60. The summed E-state index contributed by atoms with van der Waals surface area (Å²) >= 11 is 0. The lowest BCUT2D eigenvalue weighted by molar-refractivity contribution is -0.137. The highest BCUT2D eigenvalue weighted by atomic mass is 19.4. The summed E-state index contributed by atoms with van der Waals surface area (Å²) < 4.78 is 71.2. The first-order valence-electron chi connectivity index (χ1n) is 9.44. The number of nitrogens with zero attached hydrogens (tertiary/aromatic N) is 3. The Balaban J connectivity index is 1.37. The van der Waals surface area contributed by atoms with Crippen LogP contribution in [0, 0.1) is 11.6 Å². The van der Waals surface area contributed by atoms with E-state index in [0.29, 0.717) is 24.9 Å². The van der Waals surface area contributed by atoms with Crippen molar-refractivity contribution < 1.29 is 26.7 Å². The van der Waals surface area contributed by atoms with Gasteiger partial charge in [-0.1, -0.05) is 12.1 Å². The van der Waals surface area contributed by atoms with Crippen LogP contribution in [0.25, 0.3) is 10.9 Å². The summed E-state index contributed by atoms with van der Waals surface area (Å²) in [5, 5.41) is 2.97. The highest BCUT2D eigenvalue weighted by Crippen LogP contribution is 2.30. The fourth-order valence-electron chi connectivity index (χ4n) is 3.01. The van der Waals surface area contributed by atoms with Crippen molar-refractivity contribution in [3.8, 4) is 11.6 Å². The number of aromatic nitrogens is 3. The largest absolute Gasteiger partial charge is 0.439 e. The minimum absolute atomic E-state index is 0.0136. The second kappa shape index (κ2) is 8.74. The third kappa shape index (κ3) is 4.74. The van der Waals surface area contributed by atoms with Crippen LogP contribution < -0.4 is 10.1 Å². The molecule has 0 bridgehead atoms. The minimum atomic E-state index is -4.46. The summed E-state index contributed by atoms with van der Waals surface area (Å²) in [5.41, 5.74) is -0.0390. The van der Waals surface area contributed by atoms with E-state index in [9.17, 15) is 22.0 Å². The predicted molar refractivity (Wildman–Crippen MR) is 107 cm³/mol. The molecule has 164 valence electrons. The lowest BCUT2D eigenvalue weighted by atomic mass is 10.1. The summed E-state index contributed by atoms with van der Waals surface area (Å²) in [6, 6.07) is 10.9. The summed E-state index contributed by atoms with van der Waals surface area (Å²) in [5.74, 6) is -0.612. The molecule has 0 aliphatic rings. The van der Waals surface area contributed by atoms with Gasteiger partial charge in [0.15, 0.2) is 0 Å². The van der Waals surface area contributed by atoms with E-state index in [-0.39, 0.29) is 22.6 Å². The number of benzene rings is 2. The zero-order valence-corrected chi connectivity index (χ0v) is 16.3. The van der Waals surface area contributed by atoms with E-state index in [0.717, 1.165) is 36.2 Å². The van der Waals surface area contributed by atoms with Gasteiger partial charge < -0.3 is 10.1 Å². The number of hydrogen-bond donors (Lipinski definition) is 1. The van der Waals surface area contributed by atoms with Gasteiger partial charge in [0.1, 0.15) is 35.0 Å². The number of hydrogen-bond acceptors (Lipinski definition) is 5. The second-order valence-electron chi connectivity index (χ2n) is 6.78. The molecule has 2 aromatic heterocycles. The van der Waals surface area contributed by atoms with Gasteiger partial charge in [0.2, 0.25) is 5.88 Å². The molecular formula is C22H15F5N4O. The average Bonchev–Trinajstić information content (AvgIpc) is 2.77. The highest BCUT2D eigenvalue weighted by Gasteiger charge is 2.30. The molecule has 0 atom stereocenters. The van der Waals surface area contributed by atoms with Crippen molar-refractivity contribution in [3.05, 3.63) is 83.8 Å². The lowest BCUT2D eigenvalue weighted by Gasteiger charge is -2.10. The maximum atomic E-state index is 14.1. The van der Waals surface area contributed by atoms with Gasteiger partial charge in [-0.25, -0.2) is 23.7 Å². The van der Waals surface area contributed by atoms with Crippen LogP contribution in [0.1, 0.15) is 11.1 Å². The Morgan fingerprint density at radius 1 is 0.844 bits per heavy atom. The van der Waals surface area contributed by atoms with Crippen LogP contribution in [0.2, 0.25) is 0 Å². The van der Waals surface area contributed by atoms with Crippen molar-refractivity contribution in [1.29, 1.82) is 0 Å². The van der Waals surface area contributed by atoms with Crippen molar-refractivity contribution in [2.45, 2.75) is 12.6 Å². The fourth-order valence-corrected chi connectivity index (χ4v) is 3.01. The van der Waals surface area contributed by atoms with Gasteiger partial charge in [-0.3, -0.25) is 0 Å². The fraction of sp³-hybridized carbons (Fsp3) is 0.136. The highest BCUT2D eigenvalue weighted by molar-refractivity contribution is 5.89. The topological polar surface area (TPSA) is 59.9 Å². The first-order chi connectivity index (χ1) is 15.3. The second-order valence-corrected chi connectivity index (χ2v) is 6.78. The molecule has 0 unspecified atom stereocenters. The minimum Gasteiger partial charge on any atom is -0.439 e. The summed E-state index contributed by atoms with van der Waals surface area (Å²) in [6.45, 7) is 0.392. The SMILES string of the molecule is Fc1ccc(F)c2c(NCCc3ccc(Oc4ccc(C(F)(F)F)cn4)cc3)ncnc12. The third-order valence-electron chi connectivity index (χ3n) is 4.60. The number of anilines is 1. The van der Waals surface area contributed by atoms with E-state index >= 15 is 0 Å². The lowest BCUT2D eigenvalue weighted by Crippen LogP contribution is -2.08. The van der Waals surface area contributed by atoms with Crippen molar-refractivity contribution in [1.82, 2.24) is 15.0 Å². The summed E-state index contributed by atoms with van der Waals surface area (Å²) in [6.07, 6.45) is -2.05. The molecule has 1 N–H and O–H groups in total. The van der Waals surface area contributed by atoms with E-state index in [2.05, 4.69) is 20.3 Å². The molecule has 2 aromatic carbocycles. The molecular weight excluding hydrogens is 431 g/mol. The first-order valence-corrected chi connectivity index (χ1v) is 9.44. The Morgan fingerprint density at radius 3 is 2.28 bits per heavy atom. The predicted octanol–water partition coefficient (Wildman–Crippen LogP) is 5.77. The average molecular weight is 446 g/mol. The van der Waals surface area contributed by atoms with Crippen LogP contribution in [0.5, 0.6) is 11.6 Å². The van der Waals surface area contributed by atoms with E-state index in [1.54, 1.807) is 24.3 Å². The van der Waals surface area contributed by atoms with Gasteiger partial charge in [0.05, 0.1) is 10.9 Å². The molecule has 4 aromatic rings. The smallest absolute Gasteiger partial charge is 0.417 e. The number of ether oxygens (including phenoxy) is 1. The molecule has 0 spiro atoms. The van der Waals surface area contributed by atoms with Crippen LogP contribution in [0.4, 0.5) is 27.8 Å². The number of alkyl halides is 3. The van der Waals surface area contributed by atoms with Crippen LogP contribution in [-0.4, -0.2) is 21.5 Å². The molecule has 0 radical (unpaired) electrons. The van der Waals surface area contributed by atoms with Gasteiger partial charge in [-0.05, 0) is 42.3 Å². The Bertz CT molecular complexity index is 1230. The number of fused-ring (bicyclic) bond motifs is 1. The molecule has 0 saturated heterocycles. The maximum absolute atomic E-state index is 14.1. The van der Waals surface area contributed by atoms with Crippen molar-refractivity contribution in [2.75, 3.05) is 11.9 Å². The van der Waals surface area contributed by atoms with E-state index in [4.69, 9.17) is 4.74 Å². The summed E-state index contributed by atoms with van der Waals surface area (Å²) in [4.78, 5) is 11.4. The molecule has 0 saturated carbocycles. The van der Waals surface area contributed by atoms with Gasteiger partial charge in [-0.2, -0.15) is 13.2 Å². The molecule has 10 heteroatoms. The summed E-state index contributed by atoms with van der Waals surface area (Å²) in [7, 11) is 0. The number of nitrogens with one attached hydrogen (secondary N) is 1. The number of halogens is 5. The van der Waals surface area contributed by atoms with Crippen LogP contribution in [0.15, 0.2) is 61.1 Å². The van der Waals surface area contributed by atoms with Crippen molar-refractivity contribution in [3.63, 3.8) is 0 Å². The molecule has 0 aliphatic heterocycles. The number of rotatable bonds is 6. The zero-order chi connectivity index (χ0) is 22.7. The first kappa shape index (κ1) is 21.4. The Morgan fingerprint density at radius 2 is 1.59 bits per heavy atom. The van der Waals surface area contributed by atoms with Crippen LogP contribution >= 0.6 is 0 Å². The van der Waals surface area contributed by atoms with Gasteiger partial charge >= 0.3 is 6.18 Å². The molecule has 5 nitrogen and oxygen atoms in total. The molecule has 4 rings (SSSR count). The number of pyridine rings is 1. The Labute approximate surface area is 178 Å². The van der Waals surface area contributed by atoms with Crippen LogP contribution in [-0.2, 0) is 12.6 Å². The normalized spacial score (nSPS) is 11.5. The van der Waals surface area contributed by atoms with Crippen LogP contribution in [0.3, 0.4) is 0 Å². The molecule has 0 fully saturated rings. The van der Waals surface area contributed by atoms with Gasteiger partial charge in [-0.15, -0.1) is 0 Å². The van der Waals surface area contributed by atoms with E-state index in [1.807, 2.05) is 0 Å². The van der Waals surface area contributed by atoms with Gasteiger partial charge in [0, 0.05) is 18.8 Å². The standard InChI is InChI=1S/C22H15F5N4O/c23-16-6-7-17(24)20-19(16)21(31-12-30-20)28-10-9-13-1-4-15(5-2-13)32-18-8-3-14(11-29-18)22(25,26)27/h1-8,11-12H,9-10H2,(H,28,30,31). The van der Waals surface area contributed by atoms with E-state index < -0.39 is 23.4 Å². The zero-order valence-electron chi connectivity index (χ0n) is 16.3. The van der Waals surface area contributed by atoms with Crippen molar-refractivity contribution in [2.24, 2.45) is 0 Å². The van der Waals surface area contributed by atoms with Gasteiger partial charge in [0.25, 0.3) is 0 Å². The maximum Gasteiger partial charge on any atom is 0.417 e. The monoisotopic (exact) mass is 446 g/mol. The molecule has 0 aliphatic carbocycles. The molecule has 2 heterocycles. The molecule has 32 heavy (non-hydrogen) atoms. The van der Waals surface area contributed by atoms with Crippen molar-refractivity contribution >= 4 is 16.7 Å². The Kier molecular flexibility index (Phi) is 5.85. The Hall–Kier alpha value is -3.82. The molecule has 0 amide bonds. The van der Waals surface area contributed by atoms with E-state index in [1.165, 1.54) is 0 Å².